The molecule has 21 heteroatoms. The second-order valence-electron chi connectivity index (χ2n) is 15.1. The van der Waals surface area contributed by atoms with Gasteiger partial charge in [-0.25, -0.2) is 19.0 Å². The first-order valence-corrected chi connectivity index (χ1v) is 21.8. The van der Waals surface area contributed by atoms with Crippen LogP contribution in [0.3, 0.4) is 0 Å². The maximum Gasteiger partial charge on any atom is 0.355 e. The molecule has 6 heterocycles. The number of β-lactam (4-membered cyclic amide) rings is 1. The number of nitrogens with one attached hydrogen (secondary N) is 1. The van der Waals surface area contributed by atoms with Gasteiger partial charge < -0.3 is 44.7 Å². The molecule has 7 rings (SSSR count). The number of anilines is 2. The Hall–Kier alpha value is -5.54. The number of aliphatic hydroxyl groups is 1. The Labute approximate surface area is 357 Å². The van der Waals surface area contributed by atoms with Crippen molar-refractivity contribution in [3.8, 4) is 0 Å². The fourth-order valence-corrected chi connectivity index (χ4v) is 9.82. The predicted octanol–water partition coefficient (Wildman–Crippen LogP) is 2.79. The molecule has 0 radical (unpaired) electrons. The number of nitrogens with zero attached hydrogens (tertiary/aromatic N) is 5. The number of hydrogen-bond donors (Lipinski definition) is 3. The third kappa shape index (κ3) is 8.94. The van der Waals surface area contributed by atoms with Gasteiger partial charge >= 0.3 is 17.9 Å². The zero-order valence-electron chi connectivity index (χ0n) is 33.8. The maximum absolute atomic E-state index is 15.7. The summed E-state index contributed by atoms with van der Waals surface area (Å²) in [5, 5.41) is 17.5. The minimum atomic E-state index is -1.03. The Bertz CT molecular complexity index is 2380. The first-order valence-electron chi connectivity index (χ1n) is 19.9. The van der Waals surface area contributed by atoms with Crippen molar-refractivity contribution in [1.82, 2.24) is 19.8 Å². The van der Waals surface area contributed by atoms with E-state index in [1.165, 1.54) is 48.3 Å². The molecule has 0 spiro atoms. The average Bonchev–Trinajstić information content (AvgIpc) is 3.67. The Morgan fingerprint density at radius 2 is 1.79 bits per heavy atom. The first kappa shape index (κ1) is 43.5. The number of piperidine rings is 1. The van der Waals surface area contributed by atoms with E-state index in [1.807, 2.05) is 16.4 Å². The number of hydrogen-bond acceptors (Lipinski definition) is 17. The molecule has 4 N–H and O–H groups in total. The maximum atomic E-state index is 15.7. The van der Waals surface area contributed by atoms with Crippen molar-refractivity contribution in [3.05, 3.63) is 61.8 Å². The van der Waals surface area contributed by atoms with Crippen LogP contribution in [0.2, 0.25) is 0 Å². The summed E-state index contributed by atoms with van der Waals surface area (Å²) in [6, 6.07) is 0.131. The van der Waals surface area contributed by atoms with Crippen LogP contribution in [0.4, 0.5) is 15.2 Å². The van der Waals surface area contributed by atoms with Crippen LogP contribution in [-0.4, -0.2) is 118 Å². The van der Waals surface area contributed by atoms with Crippen LogP contribution in [0.25, 0.3) is 10.9 Å². The van der Waals surface area contributed by atoms with Crippen molar-refractivity contribution in [1.29, 1.82) is 0 Å². The molecule has 61 heavy (non-hydrogen) atoms. The van der Waals surface area contributed by atoms with E-state index >= 15 is 4.39 Å². The number of unbranched alkanes of at least 4 members (excludes halogenated alkanes) is 2. The zero-order chi connectivity index (χ0) is 43.5. The lowest BCUT2D eigenvalue weighted by molar-refractivity contribution is -0.152. The van der Waals surface area contributed by atoms with E-state index in [2.05, 4.69) is 15.5 Å². The summed E-state index contributed by atoms with van der Waals surface area (Å²) in [4.78, 5) is 90.7. The number of benzene rings is 1. The molecule has 3 atom stereocenters. The van der Waals surface area contributed by atoms with Crippen molar-refractivity contribution < 1.29 is 52.5 Å². The molecule has 4 aliphatic rings. The summed E-state index contributed by atoms with van der Waals surface area (Å²) < 4.78 is 33.8. The Morgan fingerprint density at radius 1 is 1.07 bits per heavy atom. The van der Waals surface area contributed by atoms with Crippen LogP contribution in [0.15, 0.2) is 38.9 Å². The highest BCUT2D eigenvalue weighted by molar-refractivity contribution is 8.00. The number of amides is 2. The Morgan fingerprint density at radius 3 is 2.46 bits per heavy atom. The molecule has 2 unspecified atom stereocenters. The molecule has 2 saturated heterocycles. The molecule has 3 aromatic rings. The number of aliphatic hydroxyl groups excluding tert-OH is 1. The minimum absolute atomic E-state index is 0.0300. The lowest BCUT2D eigenvalue weighted by Crippen LogP contribution is -2.71. The van der Waals surface area contributed by atoms with Crippen LogP contribution in [0.5, 0.6) is 0 Å². The summed E-state index contributed by atoms with van der Waals surface area (Å²) in [7, 11) is 1.25. The van der Waals surface area contributed by atoms with Gasteiger partial charge in [0.1, 0.15) is 47.9 Å². The highest BCUT2D eigenvalue weighted by Gasteiger charge is 2.55. The van der Waals surface area contributed by atoms with E-state index in [4.69, 9.17) is 24.8 Å². The number of aromatic nitrogens is 2. The largest absolute Gasteiger partial charge is 0.462 e. The molecule has 2 amide bonds. The van der Waals surface area contributed by atoms with Crippen LogP contribution in [0.1, 0.15) is 80.0 Å². The van der Waals surface area contributed by atoms with Gasteiger partial charge in [0.15, 0.2) is 10.8 Å². The Balaban J connectivity index is 0.939. The third-order valence-corrected chi connectivity index (χ3v) is 13.0. The summed E-state index contributed by atoms with van der Waals surface area (Å²) in [6.45, 7) is 3.88. The van der Waals surface area contributed by atoms with Crippen LogP contribution < -0.4 is 21.4 Å². The number of carbonyl (C=O) groups excluding carboxylic acids is 5. The number of thiazole rings is 1. The predicted molar refractivity (Wildman–Crippen MR) is 222 cm³/mol. The summed E-state index contributed by atoms with van der Waals surface area (Å²) in [5.41, 5.74) is 6.97. The van der Waals surface area contributed by atoms with Gasteiger partial charge in [-0.05, 0) is 57.9 Å². The van der Waals surface area contributed by atoms with Crippen molar-refractivity contribution in [2.45, 2.75) is 82.4 Å². The van der Waals surface area contributed by atoms with Crippen LogP contribution in [0, 0.1) is 5.82 Å². The zero-order valence-corrected chi connectivity index (χ0v) is 35.4. The van der Waals surface area contributed by atoms with Gasteiger partial charge in [-0.1, -0.05) is 5.16 Å². The fraction of sp³-hybridized carbons (Fsp3) is 0.500. The highest BCUT2D eigenvalue weighted by Crippen LogP contribution is 2.41. The number of nitrogen functional groups attached to an aromatic ring is 1. The number of rotatable bonds is 15. The van der Waals surface area contributed by atoms with Crippen molar-refractivity contribution in [2.75, 3.05) is 56.4 Å². The molecule has 18 nitrogen and oxygen atoms in total. The number of esters is 3. The van der Waals surface area contributed by atoms with Crippen molar-refractivity contribution >= 4 is 80.3 Å². The van der Waals surface area contributed by atoms with Crippen molar-refractivity contribution in [2.24, 2.45) is 5.16 Å². The standard InChI is InChI=1S/C40H46FN7O11S2/c1-20-7-8-24-32-25(15-27(41)33(24)46-11-9-23(50)10-12-46)34(51)26(16-47(20)32)38(54)57-13-5-4-6-14-58-39(55)31-22(17-59-21(2)49)18-60-37-30(36(53)48(31)37)44-35(52)29(45-56-3)28-19-61-40(42)43-28/h15-16,19-20,23,30,37,50H,4-14,17-18H2,1-3H3,(H2,42,43)(H,44,52)/b45-29-/t20?,30?,37-/m1/s1. The van der Waals surface area contributed by atoms with Gasteiger partial charge in [-0.2, -0.15) is 0 Å². The van der Waals surface area contributed by atoms with E-state index in [1.54, 1.807) is 0 Å². The monoisotopic (exact) mass is 883 g/mol. The number of halogens is 1. The van der Waals surface area contributed by atoms with E-state index < -0.39 is 58.5 Å². The first-order chi connectivity index (χ1) is 29.3. The molecule has 0 aliphatic carbocycles. The van der Waals surface area contributed by atoms with Crippen LogP contribution >= 0.6 is 23.1 Å². The van der Waals surface area contributed by atoms with Gasteiger partial charge in [0.2, 0.25) is 5.43 Å². The van der Waals surface area contributed by atoms with E-state index in [-0.39, 0.29) is 64.8 Å². The topological polar surface area (TPSA) is 234 Å². The number of oxime groups is 1. The average molecular weight is 884 g/mol. The molecule has 1 aromatic carbocycles. The molecule has 326 valence electrons. The van der Waals surface area contributed by atoms with Crippen molar-refractivity contribution in [3.63, 3.8) is 0 Å². The summed E-state index contributed by atoms with van der Waals surface area (Å²) >= 11 is 2.36. The second kappa shape index (κ2) is 18.6. The lowest BCUT2D eigenvalue weighted by Gasteiger charge is -2.49. The number of thioether (sulfide) groups is 1. The quantitative estimate of drug-likeness (QED) is 0.0497. The molecule has 2 aromatic heterocycles. The van der Waals surface area contributed by atoms with Gasteiger partial charge in [-0.3, -0.25) is 24.1 Å². The van der Waals surface area contributed by atoms with Gasteiger partial charge in [-0.15, -0.1) is 23.1 Å². The summed E-state index contributed by atoms with van der Waals surface area (Å²) in [6.07, 6.45) is 4.60. The molecule has 0 saturated carbocycles. The number of carbonyl (C=O) groups is 5. The molecule has 4 aliphatic heterocycles. The van der Waals surface area contributed by atoms with Crippen LogP contribution in [-0.2, 0) is 44.6 Å². The number of pyridine rings is 1. The molecule has 0 bridgehead atoms. The SMILES string of the molecule is CO/N=C(\C(=O)NC1C(=O)N2C(C(=O)OCCCCCOC(=O)c3cn4c5c(c(N6CCC(O)CC6)c(F)cc5c3=O)CCC4C)=C(COC(C)=O)CS[C@H]12)c1csc(N)n1. The highest BCUT2D eigenvalue weighted by atomic mass is 32.2. The Kier molecular flexibility index (Phi) is 13.3. The smallest absolute Gasteiger partial charge is 0.355 e. The number of aryl methyl sites for hydroxylation is 1. The fourth-order valence-electron chi connectivity index (χ4n) is 7.94. The van der Waals surface area contributed by atoms with Gasteiger partial charge in [0.05, 0.1) is 30.5 Å². The van der Waals surface area contributed by atoms with Gasteiger partial charge in [0, 0.05) is 59.9 Å². The second-order valence-corrected chi connectivity index (χ2v) is 17.1. The molecule has 2 fully saturated rings. The third-order valence-electron chi connectivity index (χ3n) is 11.0. The van der Waals surface area contributed by atoms with E-state index in [9.17, 15) is 33.9 Å². The van der Waals surface area contributed by atoms with E-state index in [0.717, 1.165) is 16.9 Å². The summed E-state index contributed by atoms with van der Waals surface area (Å²) in [5.74, 6) is -3.87. The van der Waals surface area contributed by atoms with Gasteiger partial charge in [0.25, 0.3) is 11.8 Å². The minimum Gasteiger partial charge on any atom is -0.462 e. The molecular weight excluding hydrogens is 838 g/mol. The number of fused-ring (bicyclic) bond motifs is 1. The number of nitrogens with two attached hydrogens (primary N) is 1. The molecular formula is C40H46FN7O11S2. The van der Waals surface area contributed by atoms with E-state index in [0.29, 0.717) is 74.8 Å². The normalized spacial score (nSPS) is 20.2. The number of ether oxygens (including phenoxy) is 3. The lowest BCUT2D eigenvalue weighted by atomic mass is 9.93.